The van der Waals surface area contributed by atoms with Gasteiger partial charge in [0.25, 0.3) is 0 Å². The van der Waals surface area contributed by atoms with Crippen LogP contribution in [0.3, 0.4) is 0 Å². The van der Waals surface area contributed by atoms with Crippen LogP contribution in [0.4, 0.5) is 9.59 Å². The molecule has 2 aliphatic carbocycles. The summed E-state index contributed by atoms with van der Waals surface area (Å²) < 4.78 is 9.63. The first-order valence-corrected chi connectivity index (χ1v) is 22.0. The number of hydrogen-bond donors (Lipinski definition) is 4. The highest BCUT2D eigenvalue weighted by atomic mass is 16.5. The van der Waals surface area contributed by atoms with Crippen molar-refractivity contribution in [3.8, 4) is 33.5 Å². The molecule has 4 aliphatic rings. The average molecular weight is 855 g/mol. The van der Waals surface area contributed by atoms with Gasteiger partial charge in [0.1, 0.15) is 23.7 Å². The Morgan fingerprint density at radius 1 is 0.730 bits per heavy atom. The van der Waals surface area contributed by atoms with Gasteiger partial charge >= 0.3 is 12.2 Å². The van der Waals surface area contributed by atoms with Crippen molar-refractivity contribution < 1.29 is 33.4 Å². The molecular weight excluding hydrogens is 801 g/mol. The first kappa shape index (κ1) is 41.8. The minimum Gasteiger partial charge on any atom is -0.453 e. The van der Waals surface area contributed by atoms with Gasteiger partial charge in [-0.05, 0) is 96.4 Å². The molecule has 2 aromatic heterocycles. The van der Waals surface area contributed by atoms with E-state index < -0.39 is 24.3 Å². The van der Waals surface area contributed by atoms with E-state index in [1.165, 1.54) is 14.2 Å². The number of carbonyl (C=O) groups is 5. The normalized spacial score (nSPS) is 21.1. The Bertz CT molecular complexity index is 2630. The maximum atomic E-state index is 14.2. The quantitative estimate of drug-likeness (QED) is 0.107. The summed E-state index contributed by atoms with van der Waals surface area (Å²) in [6, 6.07) is 16.0. The number of hydrogen-bond acceptors (Lipinski definition) is 9. The van der Waals surface area contributed by atoms with Gasteiger partial charge in [-0.2, -0.15) is 0 Å². The summed E-state index contributed by atoms with van der Waals surface area (Å²) in [7, 11) is 2.58. The summed E-state index contributed by atoms with van der Waals surface area (Å²) in [4.78, 5) is 86.8. The highest BCUT2D eigenvalue weighted by molar-refractivity contribution is 6.22. The molecule has 3 fully saturated rings. The van der Waals surface area contributed by atoms with Crippen molar-refractivity contribution in [2.24, 2.45) is 17.8 Å². The van der Waals surface area contributed by atoms with Gasteiger partial charge in [-0.15, -0.1) is 0 Å². The SMILES string of the molecule is COC(=O)N[C@H](C(=O)N1CCC[C@H]1c1ncc(-c2ccc3c(c2)C(=O)c2cc(-c4ccc5nc(C6[C@H]7CCC[C@H](C7)N6C(=O)[C@@H](NC(=O)OC)C(C)C)[nH]c5c4)ccc2-3)[nH]1)C(C)C. The summed E-state index contributed by atoms with van der Waals surface area (Å²) in [5.74, 6) is 1.03. The van der Waals surface area contributed by atoms with Gasteiger partial charge in [0.05, 0.1) is 49.2 Å². The lowest BCUT2D eigenvalue weighted by molar-refractivity contribution is -0.138. The van der Waals surface area contributed by atoms with Crippen LogP contribution in [0.5, 0.6) is 0 Å². The van der Waals surface area contributed by atoms with Crippen LogP contribution >= 0.6 is 0 Å². The Morgan fingerprint density at radius 3 is 2.05 bits per heavy atom. The van der Waals surface area contributed by atoms with Crippen LogP contribution in [0.15, 0.2) is 60.8 Å². The number of aromatic amines is 2. The van der Waals surface area contributed by atoms with Gasteiger partial charge in [0, 0.05) is 29.3 Å². The molecule has 1 saturated carbocycles. The number of benzene rings is 3. The van der Waals surface area contributed by atoms with Crippen molar-refractivity contribution in [2.75, 3.05) is 20.8 Å². The third kappa shape index (κ3) is 7.50. The number of H-pyrrole nitrogens is 2. The van der Waals surface area contributed by atoms with Crippen molar-refractivity contribution in [2.45, 2.75) is 96.4 Å². The maximum Gasteiger partial charge on any atom is 0.407 e. The summed E-state index contributed by atoms with van der Waals surface area (Å²) in [5, 5.41) is 5.47. The smallest absolute Gasteiger partial charge is 0.407 e. The number of ketones is 1. The zero-order valence-corrected chi connectivity index (χ0v) is 36.5. The number of amides is 4. The minimum atomic E-state index is -0.729. The lowest BCUT2D eigenvalue weighted by Crippen LogP contribution is -2.53. The Kier molecular flexibility index (Phi) is 11.1. The number of rotatable bonds is 10. The van der Waals surface area contributed by atoms with Crippen LogP contribution < -0.4 is 10.6 Å². The van der Waals surface area contributed by atoms with Crippen LogP contribution in [-0.2, 0) is 19.1 Å². The Labute approximate surface area is 365 Å². The number of likely N-dealkylation sites (tertiary alicyclic amines) is 2. The summed E-state index contributed by atoms with van der Waals surface area (Å²) >= 11 is 0. The molecule has 5 aromatic rings. The van der Waals surface area contributed by atoms with E-state index >= 15 is 0 Å². The van der Waals surface area contributed by atoms with E-state index in [1.54, 1.807) is 11.1 Å². The molecule has 328 valence electrons. The molecular formula is C48H54N8O7. The van der Waals surface area contributed by atoms with Gasteiger partial charge in [-0.1, -0.05) is 64.4 Å². The van der Waals surface area contributed by atoms with Crippen LogP contribution in [0.2, 0.25) is 0 Å². The lowest BCUT2D eigenvalue weighted by atomic mass is 9.87. The highest BCUT2D eigenvalue weighted by Crippen LogP contribution is 2.49. The van der Waals surface area contributed by atoms with Gasteiger partial charge in [-0.3, -0.25) is 14.4 Å². The van der Waals surface area contributed by atoms with Crippen LogP contribution in [0.1, 0.15) is 106 Å². The molecule has 1 unspecified atom stereocenters. The fourth-order valence-corrected chi connectivity index (χ4v) is 10.3. The monoisotopic (exact) mass is 854 g/mol. The van der Waals surface area contributed by atoms with Crippen molar-refractivity contribution in [1.82, 2.24) is 40.4 Å². The second kappa shape index (κ2) is 16.6. The van der Waals surface area contributed by atoms with Crippen LogP contribution in [0, 0.1) is 17.8 Å². The topological polar surface area (TPSA) is 192 Å². The Morgan fingerprint density at radius 2 is 1.37 bits per heavy atom. The van der Waals surface area contributed by atoms with Gasteiger partial charge in [0.2, 0.25) is 11.8 Å². The van der Waals surface area contributed by atoms with E-state index in [4.69, 9.17) is 19.4 Å². The highest BCUT2D eigenvalue weighted by Gasteiger charge is 2.49. The summed E-state index contributed by atoms with van der Waals surface area (Å²) in [6.07, 6.45) is 5.85. The zero-order valence-electron chi connectivity index (χ0n) is 36.5. The largest absolute Gasteiger partial charge is 0.453 e. The molecule has 4 amide bonds. The molecule has 0 radical (unpaired) electrons. The molecule has 15 nitrogen and oxygen atoms in total. The molecule has 2 aliphatic heterocycles. The first-order chi connectivity index (χ1) is 30.3. The van der Waals surface area contributed by atoms with E-state index in [2.05, 4.69) is 26.7 Å². The number of imidazole rings is 2. The molecule has 4 heterocycles. The first-order valence-electron chi connectivity index (χ1n) is 22.0. The zero-order chi connectivity index (χ0) is 44.3. The molecule has 2 saturated heterocycles. The molecule has 4 N–H and O–H groups in total. The number of ether oxygens (including phenoxy) is 2. The third-order valence-electron chi connectivity index (χ3n) is 13.6. The minimum absolute atomic E-state index is 0.0581. The molecule has 63 heavy (non-hydrogen) atoms. The van der Waals surface area contributed by atoms with Crippen LogP contribution in [-0.4, -0.2) is 98.4 Å². The van der Waals surface area contributed by atoms with Gasteiger partial charge in [0.15, 0.2) is 5.78 Å². The number of methoxy groups -OCH3 is 2. The van der Waals surface area contributed by atoms with Crippen molar-refractivity contribution in [3.63, 3.8) is 0 Å². The Balaban J connectivity index is 0.942. The predicted octanol–water partition coefficient (Wildman–Crippen LogP) is 7.70. The molecule has 2 bridgehead atoms. The number of nitrogens with one attached hydrogen (secondary N) is 4. The Hall–Kier alpha value is -6.51. The second-order valence-electron chi connectivity index (χ2n) is 18.1. The van der Waals surface area contributed by atoms with Crippen molar-refractivity contribution in [1.29, 1.82) is 0 Å². The number of carbonyl (C=O) groups excluding carboxylic acids is 5. The van der Waals surface area contributed by atoms with Crippen LogP contribution in [0.25, 0.3) is 44.5 Å². The summed E-state index contributed by atoms with van der Waals surface area (Å²) in [5.41, 5.74) is 7.98. The summed E-state index contributed by atoms with van der Waals surface area (Å²) in [6.45, 7) is 8.17. The van der Waals surface area contributed by atoms with E-state index in [-0.39, 0.29) is 53.5 Å². The number of alkyl carbamates (subject to hydrolysis) is 2. The van der Waals surface area contributed by atoms with E-state index in [9.17, 15) is 24.0 Å². The van der Waals surface area contributed by atoms with E-state index in [0.29, 0.717) is 23.5 Å². The van der Waals surface area contributed by atoms with E-state index in [0.717, 1.165) is 88.9 Å². The molecule has 9 rings (SSSR count). The fourth-order valence-electron chi connectivity index (χ4n) is 10.3. The van der Waals surface area contributed by atoms with E-state index in [1.807, 2.05) is 81.1 Å². The van der Waals surface area contributed by atoms with Gasteiger partial charge in [-0.25, -0.2) is 19.6 Å². The van der Waals surface area contributed by atoms with Gasteiger partial charge < -0.3 is 39.9 Å². The third-order valence-corrected chi connectivity index (χ3v) is 13.6. The molecule has 3 aromatic carbocycles. The maximum absolute atomic E-state index is 14.2. The lowest BCUT2D eigenvalue weighted by Gasteiger charge is -2.33. The predicted molar refractivity (Wildman–Crippen MR) is 235 cm³/mol. The second-order valence-corrected chi connectivity index (χ2v) is 18.1. The molecule has 15 heteroatoms. The number of fused-ring (bicyclic) bond motifs is 6. The fraction of sp³-hybridized carbons (Fsp3) is 0.438. The average Bonchev–Trinajstić information content (AvgIpc) is 4.13. The number of aromatic nitrogens is 4. The standard InChI is InChI=1S/C48H54N8O7/c1-24(2)39(53-47(60)62-5)45(58)55-18-8-11-38(55)43-49-23-37(52-43)28-13-16-32-31-15-12-26(20-33(31)42(57)34(32)21-28)27-14-17-35-36(22-27)51-44(50-35)41-29-9-7-10-30(19-29)56(41)46(59)40(25(3)4)54-48(61)63-6/h12-17,20-25,29-30,38-41H,7-11,18-19H2,1-6H3,(H,49,52)(H,50,51)(H,53,60)(H,54,61)/t29-,30+,38-,39-,40-,41?/m0/s1. The number of nitrogens with zero attached hydrogens (tertiary/aromatic N) is 4. The molecule has 6 atom stereocenters. The van der Waals surface area contributed by atoms with Crippen molar-refractivity contribution >= 4 is 40.8 Å². The molecule has 0 spiro atoms. The van der Waals surface area contributed by atoms with Crippen molar-refractivity contribution in [3.05, 3.63) is 83.6 Å².